The lowest BCUT2D eigenvalue weighted by Gasteiger charge is -2.24. The predicted molar refractivity (Wildman–Crippen MR) is 392 cm³/mol. The van der Waals surface area contributed by atoms with Gasteiger partial charge < -0.3 is 53.3 Å². The number of carbonyl (C=O) groups is 6. The quantitative estimate of drug-likeness (QED) is 0.0254. The Morgan fingerprint density at radius 1 is 0.563 bits per heavy atom. The lowest BCUT2D eigenvalue weighted by atomic mass is 9.81. The third-order valence-corrected chi connectivity index (χ3v) is 23.4. The SMILES string of the molecule is CN(CCCCNC(=O)OC(C)(C)C)S(N)(=O)=O.COC(=O)C12CC1c1cc(OC)ccc1-c1c(C3CCCCC3)c3ccc(C(=O)NS(=O)(=O)N(C)CCCCNC(=O)OC(C)(C)C)cc3n1C2.COC(=O)C12CC1c1cc(OC)ccc1-c1c(C3CCCCC3)c3ccc(C(=O)O)cc3n1C2. The molecule has 0 radical (unpaired) electrons. The summed E-state index contributed by atoms with van der Waals surface area (Å²) in [5, 5.41) is 22.0. The van der Waals surface area contributed by atoms with Crippen molar-refractivity contribution in [2.24, 2.45) is 16.0 Å². The van der Waals surface area contributed by atoms with E-state index in [1.807, 2.05) is 30.3 Å². The van der Waals surface area contributed by atoms with Crippen LogP contribution in [0, 0.1) is 10.8 Å². The van der Waals surface area contributed by atoms with Crippen LogP contribution in [0.2, 0.25) is 0 Å². The fourth-order valence-corrected chi connectivity index (χ4v) is 16.9. The van der Waals surface area contributed by atoms with Crippen LogP contribution in [-0.2, 0) is 62.0 Å². The number of fused-ring (bicyclic) bond motifs is 14. The van der Waals surface area contributed by atoms with Crippen LogP contribution in [0.25, 0.3) is 44.3 Å². The molecule has 6 N–H and O–H groups in total. The molecule has 6 aromatic rings. The number of nitrogens with two attached hydrogens (primary N) is 1. The summed E-state index contributed by atoms with van der Waals surface area (Å²) in [6.07, 6.45) is 14.1. The minimum absolute atomic E-state index is 0.0375. The van der Waals surface area contributed by atoms with Crippen molar-refractivity contribution in [1.29, 1.82) is 0 Å². The van der Waals surface area contributed by atoms with E-state index in [0.717, 1.165) is 121 Å². The summed E-state index contributed by atoms with van der Waals surface area (Å²) in [5.41, 5.74) is 8.71. The van der Waals surface area contributed by atoms with Crippen LogP contribution >= 0.6 is 0 Å². The average molecular weight is 1460 g/mol. The first kappa shape index (κ1) is 77.4. The molecule has 4 heterocycles. The number of rotatable bonds is 21. The highest BCUT2D eigenvalue weighted by Gasteiger charge is 2.65. The molecule has 27 heteroatoms. The maximum atomic E-state index is 13.6. The van der Waals surface area contributed by atoms with E-state index in [0.29, 0.717) is 76.7 Å². The number of alkyl carbamates (subject to hydrolysis) is 2. The highest BCUT2D eigenvalue weighted by Crippen LogP contribution is 2.67. The first-order valence-electron chi connectivity index (χ1n) is 35.7. The van der Waals surface area contributed by atoms with Crippen molar-refractivity contribution in [3.63, 3.8) is 0 Å². The molecule has 103 heavy (non-hydrogen) atoms. The molecule has 4 aromatic carbocycles. The molecule has 560 valence electrons. The Morgan fingerprint density at radius 3 is 1.36 bits per heavy atom. The standard InChI is InChI=1S/C38H50N4O8S.C28H29NO5.C10H23N3O4S/c1-37(2,3)50-36(45)39-18-10-11-19-41(4)51(46,47)40-34(43)25-14-16-28-31(20-25)42-23-38(35(44)49-6)22-30(38)29-21-26(48-5)15-17-27(29)33(42)32(28)24-12-8-7-9-13-24;1-33-18-9-11-19-21(13-18)22-14-28(22,27(32)34-2)15-29-23-12-17(26(30)31)8-10-20(23)24(25(19)29)16-6-4-3-5-7-16;1-10(2,3)17-9(14)12-7-5-6-8-13(4)18(11,15)16/h14-17,20-21,24,30H,7-13,18-19,22-23H2,1-6H3,(H,39,45)(H,40,43);8-13,16,22H,3-7,14-15H2,1-2H3,(H,30,31);5-8H2,1-4H3,(H,12,14)(H2,11,15,16). The highest BCUT2D eigenvalue weighted by molar-refractivity contribution is 7.87. The third kappa shape index (κ3) is 17.1. The van der Waals surface area contributed by atoms with Gasteiger partial charge in [0.1, 0.15) is 22.7 Å². The van der Waals surface area contributed by atoms with Crippen LogP contribution in [0.5, 0.6) is 11.5 Å². The number of methoxy groups -OCH3 is 4. The third-order valence-electron chi connectivity index (χ3n) is 20.9. The van der Waals surface area contributed by atoms with Crippen LogP contribution in [0.1, 0.15) is 211 Å². The highest BCUT2D eigenvalue weighted by atomic mass is 32.2. The van der Waals surface area contributed by atoms with Gasteiger partial charge >= 0.3 is 40.3 Å². The fraction of sp³-hybridized carbons (Fsp3) is 0.553. The molecule has 0 saturated heterocycles. The number of carbonyl (C=O) groups excluding carboxylic acids is 5. The van der Waals surface area contributed by atoms with Gasteiger partial charge in [-0.25, -0.2) is 24.2 Å². The molecule has 2 aliphatic heterocycles. The van der Waals surface area contributed by atoms with Crippen molar-refractivity contribution < 1.29 is 79.1 Å². The Kier molecular flexibility index (Phi) is 23.5. The smallest absolute Gasteiger partial charge is 0.407 e. The molecule has 4 atom stereocenters. The number of ether oxygens (including phenoxy) is 6. The number of benzene rings is 4. The number of carboxylic acid groups (broad SMARTS) is 1. The van der Waals surface area contributed by atoms with Crippen LogP contribution in [0.3, 0.4) is 0 Å². The molecule has 2 aromatic heterocycles. The van der Waals surface area contributed by atoms with Crippen LogP contribution in [-0.4, -0.2) is 156 Å². The van der Waals surface area contributed by atoms with Crippen molar-refractivity contribution in [2.45, 2.75) is 192 Å². The number of unbranched alkanes of at least 4 members (excludes halogenated alkanes) is 2. The molecular weight excluding hydrogens is 1360 g/mol. The van der Waals surface area contributed by atoms with Gasteiger partial charge in [0, 0.05) is 104 Å². The van der Waals surface area contributed by atoms with Gasteiger partial charge in [-0.1, -0.05) is 50.7 Å². The van der Waals surface area contributed by atoms with E-state index in [2.05, 4.69) is 42.7 Å². The first-order chi connectivity index (χ1) is 48.7. The number of amides is 3. The molecule has 4 saturated carbocycles. The summed E-state index contributed by atoms with van der Waals surface area (Å²) >= 11 is 0. The predicted octanol–water partition coefficient (Wildman–Crippen LogP) is 12.4. The van der Waals surface area contributed by atoms with Crippen molar-refractivity contribution in [1.82, 2.24) is 33.1 Å². The van der Waals surface area contributed by atoms with Crippen LogP contribution in [0.4, 0.5) is 9.59 Å². The normalized spacial score (nSPS) is 19.9. The van der Waals surface area contributed by atoms with Crippen LogP contribution < -0.4 is 30.0 Å². The molecule has 0 spiro atoms. The van der Waals surface area contributed by atoms with E-state index in [4.69, 9.17) is 33.6 Å². The van der Waals surface area contributed by atoms with Gasteiger partial charge in [-0.3, -0.25) is 14.4 Å². The largest absolute Gasteiger partial charge is 0.497 e. The molecule has 4 fully saturated rings. The zero-order valence-electron chi connectivity index (χ0n) is 61.5. The fourth-order valence-electron chi connectivity index (χ4n) is 15.6. The Bertz CT molecular complexity index is 4430. The van der Waals surface area contributed by atoms with Gasteiger partial charge in [-0.05, 0) is 201 Å². The number of nitrogens with zero attached hydrogens (tertiary/aromatic N) is 4. The molecule has 3 amide bonds. The van der Waals surface area contributed by atoms with E-state index in [1.54, 1.807) is 80.0 Å². The van der Waals surface area contributed by atoms with Gasteiger partial charge in [0.2, 0.25) is 0 Å². The van der Waals surface area contributed by atoms with Gasteiger partial charge in [0.05, 0.1) is 56.2 Å². The second-order valence-electron chi connectivity index (χ2n) is 30.2. The minimum Gasteiger partial charge on any atom is -0.497 e. The number of nitrogens with one attached hydrogen (secondary N) is 3. The zero-order valence-corrected chi connectivity index (χ0v) is 63.1. The maximum Gasteiger partial charge on any atom is 0.407 e. The Balaban J connectivity index is 0.000000188. The Labute approximate surface area is 604 Å². The Hall–Kier alpha value is -8.24. The number of aromatic carboxylic acids is 1. The molecule has 12 rings (SSSR count). The van der Waals surface area contributed by atoms with Crippen molar-refractivity contribution >= 4 is 78.2 Å². The number of carboxylic acids is 1. The molecular formula is C76H102N8O17S2. The average Bonchev–Trinajstić information content (AvgIpc) is 1.53. The topological polar surface area (TPSA) is 325 Å². The number of esters is 2. The summed E-state index contributed by atoms with van der Waals surface area (Å²) < 4.78 is 89.1. The van der Waals surface area contributed by atoms with Gasteiger partial charge in [-0.15, -0.1) is 0 Å². The summed E-state index contributed by atoms with van der Waals surface area (Å²) in [6, 6.07) is 23.1. The maximum absolute atomic E-state index is 13.6. The second kappa shape index (κ2) is 31.2. The number of hydrogen-bond donors (Lipinski definition) is 5. The van der Waals surface area contributed by atoms with Crippen molar-refractivity contribution in [3.05, 3.63) is 106 Å². The van der Waals surface area contributed by atoms with Crippen LogP contribution in [0.15, 0.2) is 72.8 Å². The number of hydrogen-bond acceptors (Lipinski definition) is 16. The lowest BCUT2D eigenvalue weighted by Crippen LogP contribution is -2.42. The first-order valence-corrected chi connectivity index (χ1v) is 38.7. The second-order valence-corrected chi connectivity index (χ2v) is 33.7. The summed E-state index contributed by atoms with van der Waals surface area (Å²) in [4.78, 5) is 75.2. The Morgan fingerprint density at radius 2 is 0.971 bits per heavy atom. The minimum atomic E-state index is -4.15. The van der Waals surface area contributed by atoms with E-state index in [1.165, 1.54) is 65.1 Å². The molecule has 25 nitrogen and oxygen atoms in total. The summed E-state index contributed by atoms with van der Waals surface area (Å²) in [5.74, 6) is 0.107. The van der Waals surface area contributed by atoms with Crippen molar-refractivity contribution in [2.75, 3.05) is 68.7 Å². The lowest BCUT2D eigenvalue weighted by molar-refractivity contribution is -0.148. The molecule has 0 bridgehead atoms. The monoisotopic (exact) mass is 1460 g/mol. The van der Waals surface area contributed by atoms with E-state index >= 15 is 0 Å². The van der Waals surface area contributed by atoms with Gasteiger partial charge in [0.15, 0.2) is 0 Å². The van der Waals surface area contributed by atoms with E-state index in [-0.39, 0.29) is 41.4 Å². The van der Waals surface area contributed by atoms with Gasteiger partial charge in [0.25, 0.3) is 16.1 Å². The van der Waals surface area contributed by atoms with E-state index < -0.39 is 66.5 Å². The molecule has 6 aliphatic rings. The molecule has 4 unspecified atom stereocenters. The number of aromatic nitrogens is 2. The van der Waals surface area contributed by atoms with Crippen molar-refractivity contribution in [3.8, 4) is 34.0 Å². The zero-order chi connectivity index (χ0) is 74.7. The summed E-state index contributed by atoms with van der Waals surface area (Å²) in [6.45, 7) is 12.8. The van der Waals surface area contributed by atoms with Gasteiger partial charge in [-0.2, -0.15) is 25.4 Å². The summed E-state index contributed by atoms with van der Waals surface area (Å²) in [7, 11) is 1.24. The van der Waals surface area contributed by atoms with E-state index in [9.17, 15) is 50.7 Å². The molecule has 4 aliphatic carbocycles.